The predicted octanol–water partition coefficient (Wildman–Crippen LogP) is 1.82. The SMILES string of the molecule is CCCCOCCNS(=O)(=O)c1ccc(NC)cc1. The van der Waals surface area contributed by atoms with Crippen LogP contribution >= 0.6 is 0 Å². The van der Waals surface area contributed by atoms with Crippen molar-refractivity contribution in [3.05, 3.63) is 24.3 Å². The third-order valence-electron chi connectivity index (χ3n) is 2.63. The third-order valence-corrected chi connectivity index (χ3v) is 4.11. The minimum Gasteiger partial charge on any atom is -0.388 e. The fraction of sp³-hybridized carbons (Fsp3) is 0.538. The van der Waals surface area contributed by atoms with Crippen LogP contribution in [0.3, 0.4) is 0 Å². The molecule has 0 saturated heterocycles. The van der Waals surface area contributed by atoms with Crippen molar-refractivity contribution in [3.8, 4) is 0 Å². The van der Waals surface area contributed by atoms with E-state index in [0.717, 1.165) is 18.5 Å². The molecule has 0 fully saturated rings. The zero-order valence-electron chi connectivity index (χ0n) is 11.5. The molecule has 1 rings (SSSR count). The van der Waals surface area contributed by atoms with Gasteiger partial charge in [0.1, 0.15) is 0 Å². The first-order chi connectivity index (χ1) is 9.10. The molecule has 0 heterocycles. The first kappa shape index (κ1) is 15.9. The predicted molar refractivity (Wildman–Crippen MR) is 76.9 cm³/mol. The molecule has 0 aliphatic carbocycles. The molecule has 0 unspecified atom stereocenters. The summed E-state index contributed by atoms with van der Waals surface area (Å²) in [7, 11) is -1.65. The molecule has 108 valence electrons. The maximum absolute atomic E-state index is 11.9. The molecule has 6 heteroatoms. The number of sulfonamides is 1. The van der Waals surface area contributed by atoms with Gasteiger partial charge in [-0.15, -0.1) is 0 Å². The summed E-state index contributed by atoms with van der Waals surface area (Å²) in [4.78, 5) is 0.264. The quantitative estimate of drug-likeness (QED) is 0.680. The van der Waals surface area contributed by atoms with Crippen molar-refractivity contribution >= 4 is 15.7 Å². The fourth-order valence-electron chi connectivity index (χ4n) is 1.48. The van der Waals surface area contributed by atoms with Crippen LogP contribution in [0.15, 0.2) is 29.2 Å². The second kappa shape index (κ2) is 8.14. The van der Waals surface area contributed by atoms with Gasteiger partial charge < -0.3 is 10.1 Å². The smallest absolute Gasteiger partial charge is 0.240 e. The number of anilines is 1. The van der Waals surface area contributed by atoms with Gasteiger partial charge in [0.15, 0.2) is 0 Å². The lowest BCUT2D eigenvalue weighted by atomic mass is 10.3. The molecule has 19 heavy (non-hydrogen) atoms. The van der Waals surface area contributed by atoms with Crippen molar-refractivity contribution in [1.29, 1.82) is 0 Å². The largest absolute Gasteiger partial charge is 0.388 e. The maximum Gasteiger partial charge on any atom is 0.240 e. The van der Waals surface area contributed by atoms with E-state index in [4.69, 9.17) is 4.74 Å². The Kier molecular flexibility index (Phi) is 6.83. The van der Waals surface area contributed by atoms with E-state index < -0.39 is 10.0 Å². The highest BCUT2D eigenvalue weighted by molar-refractivity contribution is 7.89. The van der Waals surface area contributed by atoms with E-state index in [9.17, 15) is 8.42 Å². The van der Waals surface area contributed by atoms with Crippen LogP contribution in [0.4, 0.5) is 5.69 Å². The number of benzene rings is 1. The van der Waals surface area contributed by atoms with Crippen molar-refractivity contribution in [1.82, 2.24) is 4.72 Å². The molecule has 0 aromatic heterocycles. The lowest BCUT2D eigenvalue weighted by molar-refractivity contribution is 0.136. The number of rotatable bonds is 9. The van der Waals surface area contributed by atoms with Crippen LogP contribution in [0.1, 0.15) is 19.8 Å². The summed E-state index contributed by atoms with van der Waals surface area (Å²) in [6, 6.07) is 6.61. The average Bonchev–Trinajstić information content (AvgIpc) is 2.43. The highest BCUT2D eigenvalue weighted by Crippen LogP contribution is 2.12. The minimum atomic E-state index is -3.44. The van der Waals surface area contributed by atoms with Crippen LogP contribution < -0.4 is 10.0 Å². The summed E-state index contributed by atoms with van der Waals surface area (Å²) in [5.74, 6) is 0. The molecule has 0 aliphatic heterocycles. The van der Waals surface area contributed by atoms with Gasteiger partial charge in [-0.3, -0.25) is 0 Å². The zero-order valence-corrected chi connectivity index (χ0v) is 12.3. The molecule has 0 saturated carbocycles. The van der Waals surface area contributed by atoms with E-state index >= 15 is 0 Å². The molecule has 0 spiro atoms. The highest BCUT2D eigenvalue weighted by atomic mass is 32.2. The van der Waals surface area contributed by atoms with Crippen LogP contribution in [0.2, 0.25) is 0 Å². The average molecular weight is 286 g/mol. The van der Waals surface area contributed by atoms with E-state index in [0.29, 0.717) is 19.8 Å². The van der Waals surface area contributed by atoms with Crippen LogP contribution in [-0.4, -0.2) is 35.2 Å². The van der Waals surface area contributed by atoms with Crippen molar-refractivity contribution in [3.63, 3.8) is 0 Å². The molecule has 0 aliphatic rings. The topological polar surface area (TPSA) is 67.4 Å². The lowest BCUT2D eigenvalue weighted by Gasteiger charge is -2.08. The number of unbranched alkanes of at least 4 members (excludes halogenated alkanes) is 1. The van der Waals surface area contributed by atoms with Crippen molar-refractivity contribution in [2.24, 2.45) is 0 Å². The van der Waals surface area contributed by atoms with E-state index in [-0.39, 0.29) is 4.90 Å². The minimum absolute atomic E-state index is 0.264. The Morgan fingerprint density at radius 1 is 1.16 bits per heavy atom. The molecule has 2 N–H and O–H groups in total. The van der Waals surface area contributed by atoms with E-state index in [2.05, 4.69) is 17.0 Å². The Hall–Kier alpha value is -1.11. The fourth-order valence-corrected chi connectivity index (χ4v) is 2.49. The number of nitrogens with one attached hydrogen (secondary N) is 2. The van der Waals surface area contributed by atoms with E-state index in [1.807, 2.05) is 0 Å². The Morgan fingerprint density at radius 2 is 1.84 bits per heavy atom. The van der Waals surface area contributed by atoms with Crippen molar-refractivity contribution < 1.29 is 13.2 Å². The normalized spacial score (nSPS) is 11.5. The lowest BCUT2D eigenvalue weighted by Crippen LogP contribution is -2.27. The van der Waals surface area contributed by atoms with Gasteiger partial charge in [-0.05, 0) is 30.7 Å². The Morgan fingerprint density at radius 3 is 2.42 bits per heavy atom. The molecule has 0 bridgehead atoms. The van der Waals surface area contributed by atoms with Gasteiger partial charge in [-0.1, -0.05) is 13.3 Å². The van der Waals surface area contributed by atoms with Crippen LogP contribution in [-0.2, 0) is 14.8 Å². The molecule has 1 aromatic carbocycles. The monoisotopic (exact) mass is 286 g/mol. The van der Waals surface area contributed by atoms with Crippen LogP contribution in [0.5, 0.6) is 0 Å². The van der Waals surface area contributed by atoms with Gasteiger partial charge in [0, 0.05) is 25.9 Å². The maximum atomic E-state index is 11.9. The summed E-state index contributed by atoms with van der Waals surface area (Å²) < 4.78 is 31.7. The van der Waals surface area contributed by atoms with Gasteiger partial charge in [0.2, 0.25) is 10.0 Å². The highest BCUT2D eigenvalue weighted by Gasteiger charge is 2.12. The van der Waals surface area contributed by atoms with Crippen molar-refractivity contribution in [2.75, 3.05) is 32.1 Å². The molecule has 0 atom stereocenters. The Labute approximate surface area is 115 Å². The third kappa shape index (κ3) is 5.59. The van der Waals surface area contributed by atoms with Gasteiger partial charge in [0.05, 0.1) is 11.5 Å². The van der Waals surface area contributed by atoms with Gasteiger partial charge >= 0.3 is 0 Å². The first-order valence-electron chi connectivity index (χ1n) is 6.45. The van der Waals surface area contributed by atoms with Gasteiger partial charge in [-0.25, -0.2) is 13.1 Å². The number of hydrogen-bond acceptors (Lipinski definition) is 4. The summed E-state index contributed by atoms with van der Waals surface area (Å²) in [5, 5.41) is 2.94. The van der Waals surface area contributed by atoms with Crippen LogP contribution in [0, 0.1) is 0 Å². The molecule has 1 aromatic rings. The van der Waals surface area contributed by atoms with E-state index in [1.54, 1.807) is 31.3 Å². The Bertz CT molecular complexity index is 457. The summed E-state index contributed by atoms with van der Waals surface area (Å²) in [5.41, 5.74) is 0.877. The molecular weight excluding hydrogens is 264 g/mol. The molecule has 5 nitrogen and oxygen atoms in total. The number of hydrogen-bond donors (Lipinski definition) is 2. The van der Waals surface area contributed by atoms with Crippen LogP contribution in [0.25, 0.3) is 0 Å². The van der Waals surface area contributed by atoms with Gasteiger partial charge in [-0.2, -0.15) is 0 Å². The summed E-state index contributed by atoms with van der Waals surface area (Å²) in [6.07, 6.45) is 2.07. The number of ether oxygens (including phenoxy) is 1. The van der Waals surface area contributed by atoms with E-state index in [1.165, 1.54) is 0 Å². The van der Waals surface area contributed by atoms with Gasteiger partial charge in [0.25, 0.3) is 0 Å². The molecular formula is C13H22N2O3S. The second-order valence-corrected chi connectivity index (χ2v) is 5.91. The second-order valence-electron chi connectivity index (χ2n) is 4.14. The summed E-state index contributed by atoms with van der Waals surface area (Å²) >= 11 is 0. The standard InChI is InChI=1S/C13H22N2O3S/c1-3-4-10-18-11-9-15-19(16,17)13-7-5-12(14-2)6-8-13/h5-8,14-15H,3-4,9-11H2,1-2H3. The molecule has 0 amide bonds. The van der Waals surface area contributed by atoms with Crippen molar-refractivity contribution in [2.45, 2.75) is 24.7 Å². The molecule has 0 radical (unpaired) electrons. The summed E-state index contributed by atoms with van der Waals surface area (Å²) in [6.45, 7) is 3.45. The first-order valence-corrected chi connectivity index (χ1v) is 7.93. The zero-order chi connectivity index (χ0) is 14.1. The Balaban J connectivity index is 2.42.